The van der Waals surface area contributed by atoms with E-state index in [1.807, 2.05) is 4.72 Å². The van der Waals surface area contributed by atoms with Gasteiger partial charge in [0.1, 0.15) is 4.90 Å². The molecule has 0 saturated carbocycles. The molecule has 0 atom stereocenters. The molecular formula is C13H9NO3S. The number of amides is 1. The molecule has 1 aromatic rings. The highest BCUT2D eigenvalue weighted by Crippen LogP contribution is 2.29. The molecule has 0 fully saturated rings. The van der Waals surface area contributed by atoms with Crippen LogP contribution in [0.2, 0.25) is 0 Å². The molecule has 0 aromatic heterocycles. The van der Waals surface area contributed by atoms with Crippen molar-refractivity contribution in [1.82, 2.24) is 4.72 Å². The normalized spacial score (nSPS) is 15.3. The van der Waals surface area contributed by atoms with E-state index in [4.69, 9.17) is 12.8 Å². The van der Waals surface area contributed by atoms with Crippen molar-refractivity contribution >= 4 is 15.9 Å². The Hall–Kier alpha value is -2.24. The van der Waals surface area contributed by atoms with Gasteiger partial charge in [-0.1, -0.05) is 6.07 Å². The minimum atomic E-state index is -3.81. The molecule has 1 aromatic carbocycles. The van der Waals surface area contributed by atoms with Crippen molar-refractivity contribution in [1.29, 1.82) is 0 Å². The summed E-state index contributed by atoms with van der Waals surface area (Å²) in [4.78, 5) is 11.5. The van der Waals surface area contributed by atoms with Crippen LogP contribution in [0.25, 0.3) is 0 Å². The highest BCUT2D eigenvalue weighted by atomic mass is 32.2. The Morgan fingerprint density at radius 2 is 1.83 bits per heavy atom. The number of carbonyl (C=O) groups is 1. The lowest BCUT2D eigenvalue weighted by Gasteiger charge is -2.08. The summed E-state index contributed by atoms with van der Waals surface area (Å²) in [6, 6.07) is 3.10. The van der Waals surface area contributed by atoms with Gasteiger partial charge in [0.2, 0.25) is 0 Å². The van der Waals surface area contributed by atoms with E-state index in [1.165, 1.54) is 6.07 Å². The van der Waals surface area contributed by atoms with Gasteiger partial charge in [0.15, 0.2) is 0 Å². The Labute approximate surface area is 105 Å². The second-order valence-corrected chi connectivity index (χ2v) is 5.40. The van der Waals surface area contributed by atoms with E-state index in [0.29, 0.717) is 11.1 Å². The van der Waals surface area contributed by atoms with E-state index in [2.05, 4.69) is 11.8 Å². The number of fused-ring (bicyclic) bond motifs is 1. The zero-order chi connectivity index (χ0) is 13.3. The summed E-state index contributed by atoms with van der Waals surface area (Å²) < 4.78 is 25.7. The first-order valence-electron chi connectivity index (χ1n) is 5.10. The standard InChI is InChI=1S/C13H9NO3S/c1-3-5-9-7-8-11-12(10(9)6-4-2)18(16,17)14-13(11)15/h1-2,7-8H,5-6H2,(H,14,15). The van der Waals surface area contributed by atoms with Gasteiger partial charge in [-0.15, -0.1) is 24.7 Å². The Bertz CT molecular complexity index is 718. The lowest BCUT2D eigenvalue weighted by molar-refractivity contribution is 0.0985. The Kier molecular flexibility index (Phi) is 2.86. The summed E-state index contributed by atoms with van der Waals surface area (Å²) in [6.07, 6.45) is 10.9. The van der Waals surface area contributed by atoms with Crippen molar-refractivity contribution in [2.75, 3.05) is 0 Å². The van der Waals surface area contributed by atoms with Crippen molar-refractivity contribution in [2.24, 2.45) is 0 Å². The molecule has 1 aliphatic rings. The molecule has 0 unspecified atom stereocenters. The average Bonchev–Trinajstić information content (AvgIpc) is 2.53. The fraction of sp³-hybridized carbons (Fsp3) is 0.154. The molecule has 0 bridgehead atoms. The average molecular weight is 259 g/mol. The molecular weight excluding hydrogens is 250 g/mol. The van der Waals surface area contributed by atoms with Gasteiger partial charge in [-0.25, -0.2) is 13.1 Å². The van der Waals surface area contributed by atoms with Gasteiger partial charge in [-0.05, 0) is 17.2 Å². The monoisotopic (exact) mass is 259 g/mol. The molecule has 0 aliphatic carbocycles. The third-order valence-corrected chi connectivity index (χ3v) is 4.13. The lowest BCUT2D eigenvalue weighted by Crippen LogP contribution is -2.21. The second kappa shape index (κ2) is 4.21. The SMILES string of the molecule is C#CCc1ccc2c(c1CC#C)S(=O)(=O)NC2=O. The predicted molar refractivity (Wildman–Crippen MR) is 66.2 cm³/mol. The molecule has 1 N–H and O–H groups in total. The summed E-state index contributed by atoms with van der Waals surface area (Å²) in [6.45, 7) is 0. The first-order chi connectivity index (χ1) is 8.51. The van der Waals surface area contributed by atoms with Crippen molar-refractivity contribution in [3.8, 4) is 24.7 Å². The number of carbonyl (C=O) groups excluding carboxylic acids is 1. The van der Waals surface area contributed by atoms with Crippen LogP contribution in [0.3, 0.4) is 0 Å². The van der Waals surface area contributed by atoms with E-state index < -0.39 is 15.9 Å². The van der Waals surface area contributed by atoms with Crippen molar-refractivity contribution in [2.45, 2.75) is 17.7 Å². The Morgan fingerprint density at radius 3 is 2.44 bits per heavy atom. The van der Waals surface area contributed by atoms with Crippen LogP contribution in [-0.4, -0.2) is 14.3 Å². The van der Waals surface area contributed by atoms with E-state index in [9.17, 15) is 13.2 Å². The molecule has 0 saturated heterocycles. The number of sulfonamides is 1. The smallest absolute Gasteiger partial charge is 0.266 e. The summed E-state index contributed by atoms with van der Waals surface area (Å²) >= 11 is 0. The number of rotatable bonds is 2. The highest BCUT2D eigenvalue weighted by molar-refractivity contribution is 7.90. The van der Waals surface area contributed by atoms with Gasteiger partial charge in [-0.2, -0.15) is 0 Å². The maximum atomic E-state index is 11.9. The third-order valence-electron chi connectivity index (χ3n) is 2.67. The van der Waals surface area contributed by atoms with Crippen LogP contribution in [0.15, 0.2) is 17.0 Å². The van der Waals surface area contributed by atoms with E-state index >= 15 is 0 Å². The summed E-state index contributed by atoms with van der Waals surface area (Å²) in [5.74, 6) is 4.21. The van der Waals surface area contributed by atoms with E-state index in [1.54, 1.807) is 6.07 Å². The summed E-state index contributed by atoms with van der Waals surface area (Å²) in [5, 5.41) is 0. The van der Waals surface area contributed by atoms with Gasteiger partial charge >= 0.3 is 0 Å². The van der Waals surface area contributed by atoms with Crippen LogP contribution in [-0.2, 0) is 22.9 Å². The zero-order valence-corrected chi connectivity index (χ0v) is 10.2. The predicted octanol–water partition coefficient (Wildman–Crippen LogP) is 0.470. The molecule has 1 aliphatic heterocycles. The first-order valence-corrected chi connectivity index (χ1v) is 6.58. The first kappa shape index (κ1) is 12.2. The van der Waals surface area contributed by atoms with Crippen molar-refractivity contribution in [3.05, 3.63) is 28.8 Å². The molecule has 0 spiro atoms. The summed E-state index contributed by atoms with van der Waals surface area (Å²) in [5.41, 5.74) is 1.22. The molecule has 4 nitrogen and oxygen atoms in total. The van der Waals surface area contributed by atoms with Crippen LogP contribution in [0, 0.1) is 24.7 Å². The number of benzene rings is 1. The van der Waals surface area contributed by atoms with Gasteiger partial charge in [0, 0.05) is 12.8 Å². The largest absolute Gasteiger partial charge is 0.268 e. The fourth-order valence-electron chi connectivity index (χ4n) is 1.95. The molecule has 90 valence electrons. The molecule has 5 heteroatoms. The number of hydrogen-bond acceptors (Lipinski definition) is 3. The van der Waals surface area contributed by atoms with Crippen LogP contribution in [0.1, 0.15) is 21.5 Å². The number of nitrogens with one attached hydrogen (secondary N) is 1. The van der Waals surface area contributed by atoms with Crippen LogP contribution >= 0.6 is 0 Å². The van der Waals surface area contributed by atoms with Crippen LogP contribution in [0.4, 0.5) is 0 Å². The second-order valence-electron chi connectivity index (χ2n) is 3.78. The van der Waals surface area contributed by atoms with Gasteiger partial charge < -0.3 is 0 Å². The highest BCUT2D eigenvalue weighted by Gasteiger charge is 2.35. The Balaban J connectivity index is 2.79. The molecule has 0 radical (unpaired) electrons. The van der Waals surface area contributed by atoms with Gasteiger partial charge in [0.25, 0.3) is 15.9 Å². The molecule has 18 heavy (non-hydrogen) atoms. The minimum Gasteiger partial charge on any atom is -0.268 e. The molecule has 1 amide bonds. The topological polar surface area (TPSA) is 63.2 Å². The fourth-order valence-corrected chi connectivity index (χ4v) is 3.39. The van der Waals surface area contributed by atoms with Crippen LogP contribution in [0.5, 0.6) is 0 Å². The number of terminal acetylenes is 2. The van der Waals surface area contributed by atoms with Crippen molar-refractivity contribution in [3.63, 3.8) is 0 Å². The van der Waals surface area contributed by atoms with E-state index in [0.717, 1.165) is 0 Å². The molecule has 2 rings (SSSR count). The lowest BCUT2D eigenvalue weighted by atomic mass is 9.99. The zero-order valence-electron chi connectivity index (χ0n) is 9.36. The maximum absolute atomic E-state index is 11.9. The minimum absolute atomic E-state index is 0.0294. The third kappa shape index (κ3) is 1.75. The van der Waals surface area contributed by atoms with Gasteiger partial charge in [0.05, 0.1) is 5.56 Å². The molecule has 1 heterocycles. The van der Waals surface area contributed by atoms with Crippen LogP contribution < -0.4 is 4.72 Å². The Morgan fingerprint density at radius 1 is 1.17 bits per heavy atom. The van der Waals surface area contributed by atoms with Gasteiger partial charge in [-0.3, -0.25) is 4.79 Å². The number of hydrogen-bond donors (Lipinski definition) is 1. The van der Waals surface area contributed by atoms with E-state index in [-0.39, 0.29) is 23.3 Å². The quantitative estimate of drug-likeness (QED) is 0.785. The maximum Gasteiger partial charge on any atom is 0.266 e. The van der Waals surface area contributed by atoms with Crippen molar-refractivity contribution < 1.29 is 13.2 Å². The summed E-state index contributed by atoms with van der Waals surface area (Å²) in [7, 11) is -3.81.